The summed E-state index contributed by atoms with van der Waals surface area (Å²) in [4.78, 5) is 15.9. The van der Waals surface area contributed by atoms with Crippen molar-refractivity contribution in [1.29, 1.82) is 0 Å². The van der Waals surface area contributed by atoms with Crippen molar-refractivity contribution in [1.82, 2.24) is 9.80 Å². The minimum Gasteiger partial charge on any atom is -0.465 e. The molecule has 0 radical (unpaired) electrons. The van der Waals surface area contributed by atoms with Crippen LogP contribution in [-0.4, -0.2) is 61.6 Å². The molecule has 0 atom stereocenters. The van der Waals surface area contributed by atoms with Crippen molar-refractivity contribution in [2.24, 2.45) is 0 Å². The smallest absolute Gasteiger partial charge is 0.320 e. The van der Waals surface area contributed by atoms with E-state index < -0.39 is 0 Å². The van der Waals surface area contributed by atoms with Crippen molar-refractivity contribution < 1.29 is 9.53 Å². The minimum absolute atomic E-state index is 0.0959. The van der Waals surface area contributed by atoms with Crippen LogP contribution < -0.4 is 0 Å². The van der Waals surface area contributed by atoms with E-state index in [2.05, 4.69) is 30.6 Å². The monoisotopic (exact) mass is 258 g/mol. The summed E-state index contributed by atoms with van der Waals surface area (Å²) < 4.78 is 4.92. The van der Waals surface area contributed by atoms with Gasteiger partial charge in [-0.25, -0.2) is 0 Å². The van der Waals surface area contributed by atoms with Crippen molar-refractivity contribution >= 4 is 5.97 Å². The Kier molecular flexibility index (Phi) is 11.1. The zero-order chi connectivity index (χ0) is 13.8. The van der Waals surface area contributed by atoms with Gasteiger partial charge in [-0.1, -0.05) is 27.2 Å². The molecule has 1 rings (SSSR count). The van der Waals surface area contributed by atoms with Gasteiger partial charge in [0.05, 0.1) is 13.2 Å². The van der Waals surface area contributed by atoms with Crippen molar-refractivity contribution in [3.8, 4) is 0 Å². The number of rotatable bonds is 5. The fourth-order valence-corrected chi connectivity index (χ4v) is 1.88. The maximum Gasteiger partial charge on any atom is 0.320 e. The maximum absolute atomic E-state index is 11.2. The van der Waals surface area contributed by atoms with E-state index in [0.717, 1.165) is 26.2 Å². The summed E-state index contributed by atoms with van der Waals surface area (Å²) in [5.41, 5.74) is 0. The third kappa shape index (κ3) is 8.48. The molecule has 18 heavy (non-hydrogen) atoms. The van der Waals surface area contributed by atoms with Crippen LogP contribution in [0, 0.1) is 0 Å². The van der Waals surface area contributed by atoms with Crippen LogP contribution >= 0.6 is 0 Å². The van der Waals surface area contributed by atoms with Gasteiger partial charge in [-0.15, -0.1) is 0 Å². The second-order valence-electron chi connectivity index (χ2n) is 4.63. The summed E-state index contributed by atoms with van der Waals surface area (Å²) >= 11 is 0. The van der Waals surface area contributed by atoms with E-state index in [9.17, 15) is 4.79 Å². The number of ether oxygens (including phenoxy) is 1. The Bertz CT molecular complexity index is 202. The highest BCUT2D eigenvalue weighted by atomic mass is 16.5. The van der Waals surface area contributed by atoms with E-state index in [-0.39, 0.29) is 5.97 Å². The van der Waals surface area contributed by atoms with Gasteiger partial charge in [0.25, 0.3) is 0 Å². The zero-order valence-corrected chi connectivity index (χ0v) is 12.6. The molecule has 0 spiro atoms. The molecule has 0 N–H and O–H groups in total. The average Bonchev–Trinajstić information content (AvgIpc) is 2.33. The zero-order valence-electron chi connectivity index (χ0n) is 12.6. The topological polar surface area (TPSA) is 32.8 Å². The normalized spacial score (nSPS) is 16.9. The molecule has 0 saturated carbocycles. The Morgan fingerprint density at radius 2 is 1.50 bits per heavy atom. The standard InChI is InChI=1S/C11H22N2O2.C3H8/c1-3-5-12-6-8-13(9-7-12)10-11(14)15-4-2;1-3-2/h3-10H2,1-2H3;3H2,1-2H3. The van der Waals surface area contributed by atoms with Gasteiger partial charge in [-0.2, -0.15) is 0 Å². The summed E-state index contributed by atoms with van der Waals surface area (Å²) in [5, 5.41) is 0. The molecule has 1 fully saturated rings. The number of esters is 1. The second-order valence-corrected chi connectivity index (χ2v) is 4.63. The molecule has 0 amide bonds. The Hall–Kier alpha value is -0.610. The van der Waals surface area contributed by atoms with E-state index in [1.165, 1.54) is 19.4 Å². The molecule has 1 heterocycles. The first-order valence-electron chi connectivity index (χ1n) is 7.28. The Morgan fingerprint density at radius 3 is 1.94 bits per heavy atom. The maximum atomic E-state index is 11.2. The number of piperazine rings is 1. The first-order valence-corrected chi connectivity index (χ1v) is 7.28. The van der Waals surface area contributed by atoms with Crippen molar-refractivity contribution in [3.05, 3.63) is 0 Å². The van der Waals surface area contributed by atoms with Gasteiger partial charge < -0.3 is 9.64 Å². The first kappa shape index (κ1) is 17.4. The summed E-state index contributed by atoms with van der Waals surface area (Å²) in [6.45, 7) is 14.5. The molecule has 1 aliphatic rings. The fraction of sp³-hybridized carbons (Fsp3) is 0.929. The number of carbonyl (C=O) groups excluding carboxylic acids is 1. The van der Waals surface area contributed by atoms with Crippen LogP contribution in [0.15, 0.2) is 0 Å². The number of nitrogens with zero attached hydrogens (tertiary/aromatic N) is 2. The van der Waals surface area contributed by atoms with Gasteiger partial charge >= 0.3 is 5.97 Å². The summed E-state index contributed by atoms with van der Waals surface area (Å²) in [5.74, 6) is -0.0959. The lowest BCUT2D eigenvalue weighted by Gasteiger charge is -2.33. The van der Waals surface area contributed by atoms with Crippen LogP contribution in [-0.2, 0) is 9.53 Å². The van der Waals surface area contributed by atoms with E-state index in [1.54, 1.807) is 0 Å². The van der Waals surface area contributed by atoms with Crippen LogP contribution in [0.1, 0.15) is 40.5 Å². The van der Waals surface area contributed by atoms with E-state index in [1.807, 2.05) is 6.92 Å². The third-order valence-electron chi connectivity index (χ3n) is 2.66. The van der Waals surface area contributed by atoms with Crippen molar-refractivity contribution in [2.75, 3.05) is 45.9 Å². The quantitative estimate of drug-likeness (QED) is 0.706. The van der Waals surface area contributed by atoms with Gasteiger partial charge in [0.2, 0.25) is 0 Å². The number of hydrogen-bond donors (Lipinski definition) is 0. The van der Waals surface area contributed by atoms with Gasteiger partial charge in [-0.3, -0.25) is 9.69 Å². The highest BCUT2D eigenvalue weighted by Crippen LogP contribution is 2.02. The fourth-order valence-electron chi connectivity index (χ4n) is 1.88. The van der Waals surface area contributed by atoms with E-state index in [4.69, 9.17) is 4.74 Å². The van der Waals surface area contributed by atoms with Crippen molar-refractivity contribution in [2.45, 2.75) is 40.5 Å². The lowest BCUT2D eigenvalue weighted by atomic mass is 10.3. The third-order valence-corrected chi connectivity index (χ3v) is 2.66. The lowest BCUT2D eigenvalue weighted by Crippen LogP contribution is -2.48. The molecule has 0 aromatic carbocycles. The highest BCUT2D eigenvalue weighted by molar-refractivity contribution is 5.71. The lowest BCUT2D eigenvalue weighted by molar-refractivity contribution is -0.144. The molecule has 0 bridgehead atoms. The van der Waals surface area contributed by atoms with Crippen LogP contribution in [0.5, 0.6) is 0 Å². The molecule has 4 heteroatoms. The Labute approximate surface area is 112 Å². The average molecular weight is 258 g/mol. The molecule has 1 saturated heterocycles. The molecule has 0 unspecified atom stereocenters. The number of carbonyl (C=O) groups is 1. The SMILES string of the molecule is CCC.CCCN1CCN(CC(=O)OCC)CC1. The van der Waals surface area contributed by atoms with Crippen LogP contribution in [0.2, 0.25) is 0 Å². The molecular formula is C14H30N2O2. The van der Waals surface area contributed by atoms with Crippen molar-refractivity contribution in [3.63, 3.8) is 0 Å². The van der Waals surface area contributed by atoms with Crippen LogP contribution in [0.3, 0.4) is 0 Å². The highest BCUT2D eigenvalue weighted by Gasteiger charge is 2.18. The van der Waals surface area contributed by atoms with E-state index >= 15 is 0 Å². The van der Waals surface area contributed by atoms with Gasteiger partial charge in [-0.05, 0) is 19.9 Å². The Morgan fingerprint density at radius 1 is 1.00 bits per heavy atom. The molecule has 0 aromatic heterocycles. The Balaban J connectivity index is 0.000000873. The molecule has 1 aliphatic heterocycles. The first-order chi connectivity index (χ1) is 8.67. The molecule has 0 aromatic rings. The van der Waals surface area contributed by atoms with Crippen LogP contribution in [0.25, 0.3) is 0 Å². The predicted molar refractivity (Wildman–Crippen MR) is 75.8 cm³/mol. The molecule has 108 valence electrons. The van der Waals surface area contributed by atoms with Gasteiger partial charge in [0, 0.05) is 26.2 Å². The van der Waals surface area contributed by atoms with E-state index in [0.29, 0.717) is 13.2 Å². The van der Waals surface area contributed by atoms with Gasteiger partial charge in [0.1, 0.15) is 0 Å². The largest absolute Gasteiger partial charge is 0.465 e. The molecule has 0 aliphatic carbocycles. The second kappa shape index (κ2) is 11.5. The van der Waals surface area contributed by atoms with Crippen LogP contribution in [0.4, 0.5) is 0 Å². The molecule has 4 nitrogen and oxygen atoms in total. The van der Waals surface area contributed by atoms with Gasteiger partial charge in [0.15, 0.2) is 0 Å². The summed E-state index contributed by atoms with van der Waals surface area (Å²) in [6, 6.07) is 0. The summed E-state index contributed by atoms with van der Waals surface area (Å²) in [7, 11) is 0. The summed E-state index contributed by atoms with van der Waals surface area (Å²) in [6.07, 6.45) is 2.46. The molecular weight excluding hydrogens is 228 g/mol. The predicted octanol–water partition coefficient (Wildman–Crippen LogP) is 1.99. The minimum atomic E-state index is -0.0959. The number of hydrogen-bond acceptors (Lipinski definition) is 4.